The predicted molar refractivity (Wildman–Crippen MR) is 114 cm³/mol. The molecule has 11 heteroatoms. The first kappa shape index (κ1) is 24.6. The highest BCUT2D eigenvalue weighted by atomic mass is 19.1. The van der Waals surface area contributed by atoms with E-state index >= 15 is 0 Å². The van der Waals surface area contributed by atoms with Gasteiger partial charge in [0.2, 0.25) is 12.1 Å². The molecule has 0 saturated carbocycles. The van der Waals surface area contributed by atoms with E-state index in [-0.39, 0.29) is 48.9 Å². The molecular weight excluding hydrogens is 440 g/mol. The molecule has 3 rings (SSSR count). The van der Waals surface area contributed by atoms with Crippen LogP contribution in [0.5, 0.6) is 0 Å². The first-order valence-corrected chi connectivity index (χ1v) is 10.4. The summed E-state index contributed by atoms with van der Waals surface area (Å²) in [5.74, 6) is -2.94. The molecule has 33 heavy (non-hydrogen) atoms. The van der Waals surface area contributed by atoms with Crippen LogP contribution in [0, 0.1) is 11.6 Å². The summed E-state index contributed by atoms with van der Waals surface area (Å²) < 4.78 is 40.1. The van der Waals surface area contributed by atoms with Gasteiger partial charge in [0.05, 0.1) is 24.3 Å². The van der Waals surface area contributed by atoms with Crippen molar-refractivity contribution in [1.29, 1.82) is 0 Å². The van der Waals surface area contributed by atoms with Gasteiger partial charge < -0.3 is 19.9 Å². The molecule has 0 bridgehead atoms. The number of nitrogens with one attached hydrogen (secondary N) is 1. The van der Waals surface area contributed by atoms with Crippen LogP contribution >= 0.6 is 0 Å². The number of halogens is 2. The summed E-state index contributed by atoms with van der Waals surface area (Å²) in [6.07, 6.45) is -1.48. The van der Waals surface area contributed by atoms with Gasteiger partial charge in [-0.3, -0.25) is 14.6 Å². The van der Waals surface area contributed by atoms with Crippen LogP contribution in [0.3, 0.4) is 0 Å². The largest absolute Gasteiger partial charge is 0.457 e. The molecule has 1 aromatic rings. The van der Waals surface area contributed by atoms with Gasteiger partial charge in [-0.1, -0.05) is 6.08 Å². The van der Waals surface area contributed by atoms with Crippen LogP contribution < -0.4 is 10.2 Å². The van der Waals surface area contributed by atoms with Gasteiger partial charge in [-0.2, -0.15) is 0 Å². The highest BCUT2D eigenvalue weighted by Gasteiger charge is 2.35. The molecule has 0 aliphatic carbocycles. The summed E-state index contributed by atoms with van der Waals surface area (Å²) in [7, 11) is 0. The molecule has 2 atom stereocenters. The first-order chi connectivity index (χ1) is 15.4. The summed E-state index contributed by atoms with van der Waals surface area (Å²) >= 11 is 0. The van der Waals surface area contributed by atoms with Crippen molar-refractivity contribution in [3.8, 4) is 0 Å². The van der Waals surface area contributed by atoms with Crippen LogP contribution in [0.4, 0.5) is 19.3 Å². The number of hydrogen-bond donors (Lipinski definition) is 2. The summed E-state index contributed by atoms with van der Waals surface area (Å²) in [5.41, 5.74) is -0.861. The van der Waals surface area contributed by atoms with E-state index < -0.39 is 41.6 Å². The number of rotatable bonds is 6. The van der Waals surface area contributed by atoms with E-state index in [0.29, 0.717) is 0 Å². The zero-order valence-electron chi connectivity index (χ0n) is 18.9. The number of ether oxygens (including phenoxy) is 2. The number of hydrogen-bond acceptors (Lipinski definition) is 7. The molecule has 2 aliphatic heterocycles. The van der Waals surface area contributed by atoms with Crippen LogP contribution in [0.2, 0.25) is 0 Å². The molecule has 0 unspecified atom stereocenters. The molecule has 180 valence electrons. The van der Waals surface area contributed by atoms with E-state index in [1.165, 1.54) is 17.9 Å². The molecule has 9 nitrogen and oxygen atoms in total. The van der Waals surface area contributed by atoms with Gasteiger partial charge in [0.25, 0.3) is 0 Å². The average molecular weight is 467 g/mol. The smallest absolute Gasteiger partial charge is 0.414 e. The molecule has 0 spiro atoms. The Hall–Kier alpha value is -3.05. The highest BCUT2D eigenvalue weighted by Crippen LogP contribution is 2.32. The zero-order valence-corrected chi connectivity index (χ0v) is 18.9. The summed E-state index contributed by atoms with van der Waals surface area (Å²) in [6.45, 7) is 6.45. The summed E-state index contributed by atoms with van der Waals surface area (Å²) in [4.78, 5) is 37.7. The number of benzene rings is 1. The zero-order chi connectivity index (χ0) is 24.5. The third-order valence-corrected chi connectivity index (χ3v) is 5.02. The Morgan fingerprint density at radius 1 is 1.30 bits per heavy atom. The fourth-order valence-corrected chi connectivity index (χ4v) is 3.56. The Labute approximate surface area is 189 Å². The van der Waals surface area contributed by atoms with Crippen molar-refractivity contribution in [2.75, 3.05) is 31.1 Å². The Balaban J connectivity index is 1.71. The van der Waals surface area contributed by atoms with Gasteiger partial charge in [-0.25, -0.2) is 18.4 Å². The third-order valence-electron chi connectivity index (χ3n) is 5.02. The Morgan fingerprint density at radius 2 is 1.94 bits per heavy atom. The monoisotopic (exact) mass is 467 g/mol. The van der Waals surface area contributed by atoms with E-state index in [0.717, 1.165) is 17.0 Å². The van der Waals surface area contributed by atoms with E-state index in [9.17, 15) is 28.3 Å². The SMILES string of the molecule is CC(=O)NC[C@H]1CN(c2cc(F)c(C3=CCN([C@@H](O)C(=O)OC(C)(C)C)C3)c(F)c2)C(=O)O1. The van der Waals surface area contributed by atoms with Gasteiger partial charge >= 0.3 is 12.1 Å². The molecule has 2 amide bonds. The topological polar surface area (TPSA) is 108 Å². The number of cyclic esters (lactones) is 1. The van der Waals surface area contributed by atoms with Crippen molar-refractivity contribution in [2.45, 2.75) is 45.6 Å². The number of nitrogens with zero attached hydrogens (tertiary/aromatic N) is 2. The fourth-order valence-electron chi connectivity index (χ4n) is 3.56. The van der Waals surface area contributed by atoms with Crippen LogP contribution in [-0.4, -0.2) is 72.1 Å². The highest BCUT2D eigenvalue weighted by molar-refractivity contribution is 5.90. The number of carbonyl (C=O) groups is 3. The van der Waals surface area contributed by atoms with Crippen LogP contribution in [0.1, 0.15) is 33.3 Å². The second kappa shape index (κ2) is 9.44. The minimum absolute atomic E-state index is 0.0201. The van der Waals surface area contributed by atoms with Gasteiger partial charge in [0, 0.05) is 20.0 Å². The number of carbonyl (C=O) groups excluding carboxylic acids is 3. The van der Waals surface area contributed by atoms with Crippen LogP contribution in [0.25, 0.3) is 5.57 Å². The number of aliphatic hydroxyl groups is 1. The lowest BCUT2D eigenvalue weighted by Crippen LogP contribution is -2.43. The maximum Gasteiger partial charge on any atom is 0.414 e. The molecule has 0 radical (unpaired) electrons. The second-order valence-electron chi connectivity index (χ2n) is 8.90. The average Bonchev–Trinajstić information content (AvgIpc) is 3.30. The maximum absolute atomic E-state index is 14.9. The van der Waals surface area contributed by atoms with Crippen molar-refractivity contribution >= 4 is 29.2 Å². The maximum atomic E-state index is 14.9. The second-order valence-corrected chi connectivity index (χ2v) is 8.90. The van der Waals surface area contributed by atoms with E-state index in [1.807, 2.05) is 0 Å². The predicted octanol–water partition coefficient (Wildman–Crippen LogP) is 1.79. The quantitative estimate of drug-likeness (QED) is 0.614. The lowest BCUT2D eigenvalue weighted by atomic mass is 10.0. The molecule has 1 saturated heterocycles. The minimum Gasteiger partial charge on any atom is -0.457 e. The van der Waals surface area contributed by atoms with E-state index in [1.54, 1.807) is 20.8 Å². The first-order valence-electron chi connectivity index (χ1n) is 10.4. The molecule has 2 heterocycles. The van der Waals surface area contributed by atoms with Crippen LogP contribution in [0.15, 0.2) is 18.2 Å². The van der Waals surface area contributed by atoms with Crippen molar-refractivity contribution in [1.82, 2.24) is 10.2 Å². The van der Waals surface area contributed by atoms with E-state index in [2.05, 4.69) is 5.32 Å². The molecular formula is C22H27F2N3O6. The molecule has 1 fully saturated rings. The third kappa shape index (κ3) is 5.85. The lowest BCUT2D eigenvalue weighted by molar-refractivity contribution is -0.174. The van der Waals surface area contributed by atoms with Crippen molar-refractivity contribution < 1.29 is 37.7 Å². The normalized spacial score (nSPS) is 19.8. The number of aliphatic hydroxyl groups excluding tert-OH is 1. The number of esters is 1. The Morgan fingerprint density at radius 3 is 2.52 bits per heavy atom. The molecule has 0 aromatic heterocycles. The lowest BCUT2D eigenvalue weighted by Gasteiger charge is -2.26. The number of anilines is 1. The molecule has 2 aliphatic rings. The van der Waals surface area contributed by atoms with Gasteiger partial charge in [0.1, 0.15) is 23.3 Å². The van der Waals surface area contributed by atoms with Crippen molar-refractivity contribution in [3.63, 3.8) is 0 Å². The molecule has 2 N–H and O–H groups in total. The minimum atomic E-state index is -1.58. The summed E-state index contributed by atoms with van der Waals surface area (Å²) in [6, 6.07) is 2.04. The van der Waals surface area contributed by atoms with Crippen molar-refractivity contribution in [2.24, 2.45) is 0 Å². The standard InChI is InChI=1S/C22H27F2N3O6/c1-12(28)25-9-15-11-27(21(31)32-15)14-7-16(23)18(17(24)8-14)13-5-6-26(10-13)19(29)20(30)33-22(2,3)4/h5,7-8,15,19,29H,6,9-11H2,1-4H3,(H,25,28)/t15-,19-/m0/s1. The van der Waals surface area contributed by atoms with E-state index in [4.69, 9.17) is 9.47 Å². The number of amides is 2. The van der Waals surface area contributed by atoms with Gasteiger partial charge in [-0.15, -0.1) is 0 Å². The molecule has 1 aromatic carbocycles. The summed E-state index contributed by atoms with van der Waals surface area (Å²) in [5, 5.41) is 12.8. The Kier molecular flexibility index (Phi) is 7.03. The van der Waals surface area contributed by atoms with Crippen LogP contribution in [-0.2, 0) is 19.1 Å². The van der Waals surface area contributed by atoms with Gasteiger partial charge in [-0.05, 0) is 38.5 Å². The fraction of sp³-hybridized carbons (Fsp3) is 0.500. The Bertz CT molecular complexity index is 968. The van der Waals surface area contributed by atoms with Gasteiger partial charge in [0.15, 0.2) is 0 Å². The van der Waals surface area contributed by atoms with Crippen molar-refractivity contribution in [3.05, 3.63) is 35.4 Å².